The molecule has 3 amide bonds. The van der Waals surface area contributed by atoms with Gasteiger partial charge in [-0.2, -0.15) is 13.2 Å². The number of carbonyl (C=O) groups is 3. The highest BCUT2D eigenvalue weighted by Crippen LogP contribution is 2.36. The van der Waals surface area contributed by atoms with Crippen LogP contribution in [-0.4, -0.2) is 38.1 Å². The Morgan fingerprint density at radius 3 is 2.06 bits per heavy atom. The second kappa shape index (κ2) is 7.93. The maximum Gasteiger partial charge on any atom is 0.471 e. The Morgan fingerprint density at radius 2 is 1.56 bits per heavy atom. The molecule has 1 fully saturated rings. The van der Waals surface area contributed by atoms with Crippen LogP contribution in [0.4, 0.5) is 30.2 Å². The summed E-state index contributed by atoms with van der Waals surface area (Å²) in [4.78, 5) is 36.0. The third-order valence-electron chi connectivity index (χ3n) is 4.59. The second-order valence-corrected chi connectivity index (χ2v) is 9.56. The quantitative estimate of drug-likeness (QED) is 0.715. The molecule has 12 heteroatoms. The average molecular weight is 469 g/mol. The molecule has 0 bridgehead atoms. The van der Waals surface area contributed by atoms with Gasteiger partial charge in [-0.3, -0.25) is 14.4 Å². The number of nitrogens with zero attached hydrogens (tertiary/aromatic N) is 1. The fraction of sp³-hybridized carbons (Fsp3) is 0.250. The van der Waals surface area contributed by atoms with Gasteiger partial charge in [0.05, 0.1) is 16.9 Å². The SMILES string of the molecule is CC1(C)CS(=O)(=O)N(c2cccc(C(=O)Nc3ccc(NC(=O)C(F)(F)F)cc3)c2)C1=O. The van der Waals surface area contributed by atoms with E-state index in [4.69, 9.17) is 0 Å². The summed E-state index contributed by atoms with van der Waals surface area (Å²) in [5.74, 6) is -3.72. The lowest BCUT2D eigenvalue weighted by Crippen LogP contribution is -2.33. The van der Waals surface area contributed by atoms with E-state index in [0.717, 1.165) is 0 Å². The van der Waals surface area contributed by atoms with Crippen LogP contribution in [0.5, 0.6) is 0 Å². The molecular formula is C20H18F3N3O5S. The molecule has 1 heterocycles. The summed E-state index contributed by atoms with van der Waals surface area (Å²) < 4.78 is 62.5. The van der Waals surface area contributed by atoms with Crippen LogP contribution >= 0.6 is 0 Å². The lowest BCUT2D eigenvalue weighted by molar-refractivity contribution is -0.167. The first-order valence-corrected chi connectivity index (χ1v) is 10.8. The number of alkyl halides is 3. The molecule has 0 unspecified atom stereocenters. The number of sulfonamides is 1. The summed E-state index contributed by atoms with van der Waals surface area (Å²) in [7, 11) is -3.89. The van der Waals surface area contributed by atoms with Gasteiger partial charge in [0.25, 0.3) is 5.91 Å². The van der Waals surface area contributed by atoms with Crippen molar-refractivity contribution < 1.29 is 36.0 Å². The van der Waals surface area contributed by atoms with E-state index in [9.17, 15) is 36.0 Å². The zero-order chi connectivity index (χ0) is 23.9. The van der Waals surface area contributed by atoms with Crippen LogP contribution in [0.2, 0.25) is 0 Å². The van der Waals surface area contributed by atoms with E-state index < -0.39 is 39.3 Å². The van der Waals surface area contributed by atoms with Gasteiger partial charge in [0.2, 0.25) is 15.9 Å². The molecule has 170 valence electrons. The Balaban J connectivity index is 1.76. The largest absolute Gasteiger partial charge is 0.471 e. The highest BCUT2D eigenvalue weighted by molar-refractivity contribution is 7.94. The van der Waals surface area contributed by atoms with Gasteiger partial charge < -0.3 is 10.6 Å². The van der Waals surface area contributed by atoms with E-state index in [-0.39, 0.29) is 28.4 Å². The van der Waals surface area contributed by atoms with Gasteiger partial charge in [-0.05, 0) is 56.3 Å². The number of hydrogen-bond acceptors (Lipinski definition) is 5. The minimum Gasteiger partial charge on any atom is -0.322 e. The van der Waals surface area contributed by atoms with E-state index in [1.807, 2.05) is 0 Å². The van der Waals surface area contributed by atoms with Gasteiger partial charge in [-0.25, -0.2) is 12.7 Å². The van der Waals surface area contributed by atoms with Crippen molar-refractivity contribution in [3.8, 4) is 0 Å². The summed E-state index contributed by atoms with van der Waals surface area (Å²) in [6, 6.07) is 10.4. The van der Waals surface area contributed by atoms with Crippen molar-refractivity contribution in [2.75, 3.05) is 20.7 Å². The van der Waals surface area contributed by atoms with Crippen LogP contribution in [0.15, 0.2) is 48.5 Å². The predicted octanol–water partition coefficient (Wildman–Crippen LogP) is 3.14. The highest BCUT2D eigenvalue weighted by atomic mass is 32.2. The van der Waals surface area contributed by atoms with Crippen molar-refractivity contribution in [2.24, 2.45) is 5.41 Å². The molecule has 2 N–H and O–H groups in total. The zero-order valence-electron chi connectivity index (χ0n) is 16.9. The van der Waals surface area contributed by atoms with E-state index in [0.29, 0.717) is 4.31 Å². The van der Waals surface area contributed by atoms with Crippen LogP contribution in [0.25, 0.3) is 0 Å². The first-order chi connectivity index (χ1) is 14.7. The molecule has 8 nitrogen and oxygen atoms in total. The number of anilines is 3. The first-order valence-electron chi connectivity index (χ1n) is 9.18. The van der Waals surface area contributed by atoms with Gasteiger partial charge in [0.1, 0.15) is 0 Å². The summed E-state index contributed by atoms with van der Waals surface area (Å²) in [6.45, 7) is 3.04. The molecular weight excluding hydrogens is 451 g/mol. The van der Waals surface area contributed by atoms with Crippen molar-refractivity contribution in [1.29, 1.82) is 0 Å². The molecule has 2 aromatic carbocycles. The van der Waals surface area contributed by atoms with Crippen LogP contribution in [0.3, 0.4) is 0 Å². The molecule has 0 aromatic heterocycles. The number of carbonyl (C=O) groups excluding carboxylic acids is 3. The van der Waals surface area contributed by atoms with E-state index >= 15 is 0 Å². The summed E-state index contributed by atoms with van der Waals surface area (Å²) >= 11 is 0. The van der Waals surface area contributed by atoms with Gasteiger partial charge >= 0.3 is 12.1 Å². The van der Waals surface area contributed by atoms with Crippen molar-refractivity contribution in [3.05, 3.63) is 54.1 Å². The Kier molecular flexibility index (Phi) is 5.77. The van der Waals surface area contributed by atoms with Crippen LogP contribution < -0.4 is 14.9 Å². The molecule has 32 heavy (non-hydrogen) atoms. The highest BCUT2D eigenvalue weighted by Gasteiger charge is 2.50. The maximum absolute atomic E-state index is 12.6. The molecule has 0 aliphatic carbocycles. The zero-order valence-corrected chi connectivity index (χ0v) is 17.7. The lowest BCUT2D eigenvalue weighted by atomic mass is 9.95. The number of hydrogen-bond donors (Lipinski definition) is 2. The Hall–Kier alpha value is -3.41. The summed E-state index contributed by atoms with van der Waals surface area (Å²) in [5, 5.41) is 4.19. The minimum atomic E-state index is -5.03. The summed E-state index contributed by atoms with van der Waals surface area (Å²) in [6.07, 6.45) is -5.03. The molecule has 0 atom stereocenters. The molecule has 1 saturated heterocycles. The number of nitrogens with one attached hydrogen (secondary N) is 2. The van der Waals surface area contributed by atoms with Crippen molar-refractivity contribution in [1.82, 2.24) is 0 Å². The maximum atomic E-state index is 12.6. The molecule has 1 aliphatic rings. The number of amides is 3. The summed E-state index contributed by atoms with van der Waals surface area (Å²) in [5.41, 5.74) is -0.910. The Morgan fingerprint density at radius 1 is 1.00 bits per heavy atom. The van der Waals surface area contributed by atoms with E-state index in [1.54, 1.807) is 5.32 Å². The topological polar surface area (TPSA) is 113 Å². The number of rotatable bonds is 4. The van der Waals surface area contributed by atoms with Gasteiger partial charge in [-0.15, -0.1) is 0 Å². The van der Waals surface area contributed by atoms with Crippen molar-refractivity contribution in [2.45, 2.75) is 20.0 Å². The minimum absolute atomic E-state index is 0.0263. The van der Waals surface area contributed by atoms with Gasteiger partial charge in [0.15, 0.2) is 0 Å². The van der Waals surface area contributed by atoms with Crippen molar-refractivity contribution >= 4 is 44.8 Å². The molecule has 0 radical (unpaired) electrons. The fourth-order valence-electron chi connectivity index (χ4n) is 3.08. The number of benzene rings is 2. The fourth-order valence-corrected chi connectivity index (χ4v) is 5.18. The number of halogens is 3. The molecule has 0 saturated carbocycles. The van der Waals surface area contributed by atoms with E-state index in [1.165, 1.54) is 62.4 Å². The Labute approximate surface area is 181 Å². The van der Waals surface area contributed by atoms with Crippen LogP contribution in [-0.2, 0) is 19.6 Å². The molecule has 0 spiro atoms. The molecule has 2 aromatic rings. The van der Waals surface area contributed by atoms with Gasteiger partial charge in [-0.1, -0.05) is 6.07 Å². The Bertz CT molecular complexity index is 1190. The normalized spacial score (nSPS) is 17.2. The lowest BCUT2D eigenvalue weighted by Gasteiger charge is -2.18. The molecule has 1 aliphatic heterocycles. The monoisotopic (exact) mass is 469 g/mol. The third-order valence-corrected chi connectivity index (χ3v) is 6.61. The standard InChI is InChI=1S/C20H18F3N3O5S/c1-19(2)11-32(30,31)26(18(19)29)15-5-3-4-12(10-15)16(27)24-13-6-8-14(9-7-13)25-17(28)20(21,22)23/h3-10H,11H2,1-2H3,(H,24,27)(H,25,28). The second-order valence-electron chi connectivity index (χ2n) is 7.74. The smallest absolute Gasteiger partial charge is 0.322 e. The van der Waals surface area contributed by atoms with Crippen molar-refractivity contribution in [3.63, 3.8) is 0 Å². The predicted molar refractivity (Wildman–Crippen MR) is 111 cm³/mol. The van der Waals surface area contributed by atoms with E-state index in [2.05, 4.69) is 5.32 Å². The average Bonchev–Trinajstić information content (AvgIpc) is 2.85. The van der Waals surface area contributed by atoms with Gasteiger partial charge in [0, 0.05) is 16.9 Å². The van der Waals surface area contributed by atoms with Crippen LogP contribution in [0, 0.1) is 5.41 Å². The molecule has 3 rings (SSSR count). The first kappa shape index (κ1) is 23.3. The van der Waals surface area contributed by atoms with Crippen LogP contribution in [0.1, 0.15) is 24.2 Å². The third kappa shape index (κ3) is 4.74.